The second-order valence-corrected chi connectivity index (χ2v) is 7.82. The van der Waals surface area contributed by atoms with Crippen molar-refractivity contribution in [3.63, 3.8) is 0 Å². The Balaban J connectivity index is 1.52. The summed E-state index contributed by atoms with van der Waals surface area (Å²) in [4.78, 5) is 4.91. The Morgan fingerprint density at radius 1 is 1.12 bits per heavy atom. The van der Waals surface area contributed by atoms with Crippen molar-refractivity contribution in [1.82, 2.24) is 9.80 Å². The van der Waals surface area contributed by atoms with E-state index >= 15 is 0 Å². The van der Waals surface area contributed by atoms with Crippen LogP contribution in [0.3, 0.4) is 0 Å². The third kappa shape index (κ3) is 3.12. The normalized spacial score (nSPS) is 26.2. The number of halogens is 1. The molecule has 138 valence electrons. The summed E-state index contributed by atoms with van der Waals surface area (Å²) in [6.45, 7) is 6.02. The minimum atomic E-state index is -0.143. The van der Waals surface area contributed by atoms with Crippen molar-refractivity contribution >= 4 is 0 Å². The molecule has 2 aliphatic rings. The maximum absolute atomic E-state index is 14.2. The Bertz CT molecular complexity index is 793. The van der Waals surface area contributed by atoms with Gasteiger partial charge in [-0.3, -0.25) is 9.80 Å². The van der Waals surface area contributed by atoms with E-state index in [-0.39, 0.29) is 5.82 Å². The number of ether oxygens (including phenoxy) is 1. The van der Waals surface area contributed by atoms with Gasteiger partial charge in [-0.05, 0) is 55.1 Å². The van der Waals surface area contributed by atoms with Gasteiger partial charge >= 0.3 is 0 Å². The topological polar surface area (TPSA) is 15.7 Å². The highest BCUT2D eigenvalue weighted by molar-refractivity contribution is 5.32. The number of benzene rings is 2. The molecule has 0 aromatic heterocycles. The third-order valence-corrected chi connectivity index (χ3v) is 6.12. The summed E-state index contributed by atoms with van der Waals surface area (Å²) in [5, 5.41) is 0. The fourth-order valence-electron chi connectivity index (χ4n) is 4.91. The molecule has 0 unspecified atom stereocenters. The first-order valence-electron chi connectivity index (χ1n) is 9.37. The Labute approximate surface area is 155 Å². The number of hydrogen-bond acceptors (Lipinski definition) is 3. The summed E-state index contributed by atoms with van der Waals surface area (Å²) in [6.07, 6.45) is 0. The molecule has 2 aromatic rings. The number of aryl methyl sites for hydroxylation is 1. The van der Waals surface area contributed by atoms with Gasteiger partial charge in [-0.1, -0.05) is 24.3 Å². The van der Waals surface area contributed by atoms with Crippen molar-refractivity contribution < 1.29 is 9.13 Å². The van der Waals surface area contributed by atoms with Crippen LogP contribution in [-0.2, 0) is 6.54 Å². The van der Waals surface area contributed by atoms with E-state index in [1.807, 2.05) is 6.07 Å². The highest BCUT2D eigenvalue weighted by Crippen LogP contribution is 2.45. The second-order valence-electron chi connectivity index (χ2n) is 7.82. The summed E-state index contributed by atoms with van der Waals surface area (Å²) < 4.78 is 19.5. The van der Waals surface area contributed by atoms with Crippen LogP contribution in [0.2, 0.25) is 0 Å². The lowest BCUT2D eigenvalue weighted by Gasteiger charge is -2.28. The van der Waals surface area contributed by atoms with E-state index in [9.17, 15) is 4.39 Å². The van der Waals surface area contributed by atoms with E-state index in [0.29, 0.717) is 24.4 Å². The number of methoxy groups -OCH3 is 1. The molecule has 2 aliphatic heterocycles. The quantitative estimate of drug-likeness (QED) is 0.829. The summed E-state index contributed by atoms with van der Waals surface area (Å²) in [6, 6.07) is 14.2. The Morgan fingerprint density at radius 3 is 2.69 bits per heavy atom. The van der Waals surface area contributed by atoms with E-state index in [1.54, 1.807) is 13.2 Å². The van der Waals surface area contributed by atoms with E-state index in [4.69, 9.17) is 4.74 Å². The van der Waals surface area contributed by atoms with Gasteiger partial charge in [0.25, 0.3) is 0 Å². The Kier molecular flexibility index (Phi) is 4.72. The molecule has 3 nitrogen and oxygen atoms in total. The fourth-order valence-corrected chi connectivity index (χ4v) is 4.91. The van der Waals surface area contributed by atoms with Crippen LogP contribution < -0.4 is 4.74 Å². The maximum atomic E-state index is 14.2. The zero-order chi connectivity index (χ0) is 18.3. The van der Waals surface area contributed by atoms with E-state index < -0.39 is 0 Å². The van der Waals surface area contributed by atoms with Gasteiger partial charge in [0.1, 0.15) is 11.6 Å². The zero-order valence-electron chi connectivity index (χ0n) is 15.8. The highest BCUT2D eigenvalue weighted by Gasteiger charge is 2.46. The first kappa shape index (κ1) is 17.5. The fraction of sp³-hybridized carbons (Fsp3) is 0.455. The molecule has 2 aromatic carbocycles. The van der Waals surface area contributed by atoms with Gasteiger partial charge in [0.2, 0.25) is 0 Å². The minimum Gasteiger partial charge on any atom is -0.497 e. The maximum Gasteiger partial charge on any atom is 0.127 e. The molecule has 0 aliphatic carbocycles. The average molecular weight is 354 g/mol. The number of rotatable bonds is 4. The molecule has 0 bridgehead atoms. The molecule has 4 rings (SSSR count). The molecule has 26 heavy (non-hydrogen) atoms. The smallest absolute Gasteiger partial charge is 0.127 e. The average Bonchev–Trinajstić information content (AvgIpc) is 3.13. The van der Waals surface area contributed by atoms with Gasteiger partial charge in [0.15, 0.2) is 0 Å². The van der Waals surface area contributed by atoms with Crippen LogP contribution in [0.15, 0.2) is 42.5 Å². The minimum absolute atomic E-state index is 0.143. The highest BCUT2D eigenvalue weighted by atomic mass is 19.1. The molecule has 4 heteroatoms. The predicted octanol–water partition coefficient (Wildman–Crippen LogP) is 3.88. The first-order valence-corrected chi connectivity index (χ1v) is 9.37. The summed E-state index contributed by atoms with van der Waals surface area (Å²) >= 11 is 0. The monoisotopic (exact) mass is 354 g/mol. The van der Waals surface area contributed by atoms with Crippen LogP contribution in [0.4, 0.5) is 4.39 Å². The van der Waals surface area contributed by atoms with Crippen molar-refractivity contribution in [3.05, 3.63) is 65.0 Å². The number of fused-ring (bicyclic) bond motifs is 1. The molecule has 2 saturated heterocycles. The summed E-state index contributed by atoms with van der Waals surface area (Å²) in [5.41, 5.74) is 3.53. The molecule has 0 N–H and O–H groups in total. The van der Waals surface area contributed by atoms with Crippen LogP contribution >= 0.6 is 0 Å². The molecule has 0 saturated carbocycles. The molecular weight excluding hydrogens is 327 g/mol. The lowest BCUT2D eigenvalue weighted by Crippen LogP contribution is -2.29. The van der Waals surface area contributed by atoms with Crippen LogP contribution in [0.1, 0.15) is 22.7 Å². The zero-order valence-corrected chi connectivity index (χ0v) is 15.8. The van der Waals surface area contributed by atoms with Crippen LogP contribution in [0.5, 0.6) is 5.75 Å². The van der Waals surface area contributed by atoms with Crippen molar-refractivity contribution in [3.8, 4) is 5.75 Å². The van der Waals surface area contributed by atoms with Gasteiger partial charge in [0, 0.05) is 37.8 Å². The Morgan fingerprint density at radius 2 is 1.92 bits per heavy atom. The third-order valence-electron chi connectivity index (χ3n) is 6.12. The molecule has 0 amide bonds. The molecule has 3 atom stereocenters. The van der Waals surface area contributed by atoms with Crippen molar-refractivity contribution in [2.75, 3.05) is 33.8 Å². The van der Waals surface area contributed by atoms with Gasteiger partial charge in [-0.15, -0.1) is 0 Å². The van der Waals surface area contributed by atoms with Crippen LogP contribution in [-0.4, -0.2) is 43.6 Å². The van der Waals surface area contributed by atoms with Gasteiger partial charge < -0.3 is 4.74 Å². The van der Waals surface area contributed by atoms with Crippen molar-refractivity contribution in [2.24, 2.45) is 11.8 Å². The summed E-state index contributed by atoms with van der Waals surface area (Å²) in [5.74, 6) is 1.83. The molecule has 0 spiro atoms. The number of nitrogens with zero attached hydrogens (tertiary/aromatic N) is 2. The van der Waals surface area contributed by atoms with Crippen LogP contribution in [0, 0.1) is 24.6 Å². The molecule has 0 radical (unpaired) electrons. The number of likely N-dealkylation sites (tertiary alicyclic amines) is 2. The van der Waals surface area contributed by atoms with Crippen LogP contribution in [0.25, 0.3) is 0 Å². The van der Waals surface area contributed by atoms with Crippen molar-refractivity contribution in [2.45, 2.75) is 19.5 Å². The lowest BCUT2D eigenvalue weighted by molar-refractivity contribution is 0.222. The van der Waals surface area contributed by atoms with Gasteiger partial charge in [-0.25, -0.2) is 4.39 Å². The SMILES string of the molecule is COc1ccc(F)c(CN2C[C@@H]3CN(C)[C@@H](c4ccccc4C)[C@@H]3C2)c1. The van der Waals surface area contributed by atoms with E-state index in [0.717, 1.165) is 30.9 Å². The predicted molar refractivity (Wildman–Crippen MR) is 102 cm³/mol. The second kappa shape index (κ2) is 7.01. The van der Waals surface area contributed by atoms with Gasteiger partial charge in [0.05, 0.1) is 7.11 Å². The van der Waals surface area contributed by atoms with Gasteiger partial charge in [-0.2, -0.15) is 0 Å². The molecule has 2 heterocycles. The molecular formula is C22H27FN2O. The molecule has 2 fully saturated rings. The first-order chi connectivity index (χ1) is 12.6. The summed E-state index contributed by atoms with van der Waals surface area (Å²) in [7, 11) is 3.86. The van der Waals surface area contributed by atoms with Crippen molar-refractivity contribution in [1.29, 1.82) is 0 Å². The standard InChI is InChI=1S/C22H27FN2O/c1-15-6-4-5-7-19(15)22-20-14-25(13-17(20)11-24(22)2)12-16-10-18(26-3)8-9-21(16)23/h4-10,17,20,22H,11-14H2,1-3H3/t17-,20+,22-/m0/s1. The van der Waals surface area contributed by atoms with E-state index in [2.05, 4.69) is 48.0 Å². The Hall–Kier alpha value is -1.91. The lowest BCUT2D eigenvalue weighted by atomic mass is 9.88. The largest absolute Gasteiger partial charge is 0.497 e. The van der Waals surface area contributed by atoms with E-state index in [1.165, 1.54) is 17.2 Å². The number of hydrogen-bond donors (Lipinski definition) is 0.